The number of halogens is 1. The Balaban J connectivity index is 0.00000261. The predicted molar refractivity (Wildman–Crippen MR) is 127 cm³/mol. The molecule has 1 aromatic rings. The average Bonchev–Trinajstić information content (AvgIpc) is 3.15. The van der Waals surface area contributed by atoms with Crippen LogP contribution in [0.2, 0.25) is 0 Å². The molecular weight excluding hydrogens is 491 g/mol. The third-order valence-electron chi connectivity index (χ3n) is 5.18. The number of hydrogen-bond acceptors (Lipinski definition) is 4. The fourth-order valence-electron chi connectivity index (χ4n) is 3.66. The van der Waals surface area contributed by atoms with E-state index >= 15 is 0 Å². The van der Waals surface area contributed by atoms with Crippen LogP contribution < -0.4 is 5.32 Å². The van der Waals surface area contributed by atoms with E-state index in [9.17, 15) is 4.79 Å². The fourth-order valence-corrected chi connectivity index (χ4v) is 5.87. The first-order chi connectivity index (χ1) is 12.6. The topological polar surface area (TPSA) is 47.9 Å². The number of amides is 1. The van der Waals surface area contributed by atoms with Gasteiger partial charge in [-0.3, -0.25) is 4.79 Å². The van der Waals surface area contributed by atoms with Crippen molar-refractivity contribution >= 4 is 58.9 Å². The summed E-state index contributed by atoms with van der Waals surface area (Å²) in [6.45, 7) is 3.02. The van der Waals surface area contributed by atoms with Gasteiger partial charge in [0, 0.05) is 42.6 Å². The van der Waals surface area contributed by atoms with Gasteiger partial charge in [-0.25, -0.2) is 4.99 Å². The summed E-state index contributed by atoms with van der Waals surface area (Å²) in [6, 6.07) is 4.21. The molecule has 152 valence electrons. The van der Waals surface area contributed by atoms with Crippen LogP contribution in [0.1, 0.15) is 37.0 Å². The monoisotopic (exact) mass is 522 g/mol. The lowest BCUT2D eigenvalue weighted by atomic mass is 9.87. The van der Waals surface area contributed by atoms with Crippen LogP contribution in [-0.2, 0) is 11.3 Å². The Morgan fingerprint density at radius 3 is 2.78 bits per heavy atom. The Morgan fingerprint density at radius 1 is 1.33 bits per heavy atom. The van der Waals surface area contributed by atoms with Crippen molar-refractivity contribution in [2.24, 2.45) is 4.99 Å². The SMILES string of the molecule is CN(C)C(=O)CN=C(NCc1cccs1)N1CCSC2(CCCCC2)C1.I. The van der Waals surface area contributed by atoms with E-state index in [1.165, 1.54) is 37.0 Å². The summed E-state index contributed by atoms with van der Waals surface area (Å²) in [7, 11) is 3.57. The summed E-state index contributed by atoms with van der Waals surface area (Å²) in [6.07, 6.45) is 6.67. The average molecular weight is 523 g/mol. The minimum absolute atomic E-state index is 0. The van der Waals surface area contributed by atoms with Crippen molar-refractivity contribution in [1.82, 2.24) is 15.1 Å². The third-order valence-corrected chi connectivity index (χ3v) is 7.59. The number of hydrogen-bond donors (Lipinski definition) is 1. The molecule has 2 heterocycles. The Morgan fingerprint density at radius 2 is 2.11 bits per heavy atom. The van der Waals surface area contributed by atoms with Crippen molar-refractivity contribution in [2.75, 3.05) is 39.5 Å². The third kappa shape index (κ3) is 6.52. The quantitative estimate of drug-likeness (QED) is 0.373. The summed E-state index contributed by atoms with van der Waals surface area (Å²) >= 11 is 3.90. The number of carbonyl (C=O) groups excluding carboxylic acids is 1. The summed E-state index contributed by atoms with van der Waals surface area (Å²) < 4.78 is 0.382. The number of thiophene rings is 1. The molecule has 8 heteroatoms. The molecule has 27 heavy (non-hydrogen) atoms. The molecule has 1 saturated heterocycles. The van der Waals surface area contributed by atoms with E-state index in [1.54, 1.807) is 30.3 Å². The molecule has 0 atom stereocenters. The van der Waals surface area contributed by atoms with Gasteiger partial charge in [0.2, 0.25) is 5.91 Å². The lowest BCUT2D eigenvalue weighted by Gasteiger charge is -2.45. The Hall–Kier alpha value is -0.480. The van der Waals surface area contributed by atoms with Crippen molar-refractivity contribution in [3.63, 3.8) is 0 Å². The number of nitrogens with one attached hydrogen (secondary N) is 1. The van der Waals surface area contributed by atoms with Crippen LogP contribution in [0.5, 0.6) is 0 Å². The second-order valence-corrected chi connectivity index (χ2v) is 9.97. The number of likely N-dealkylation sites (N-methyl/N-ethyl adjacent to an activating group) is 1. The van der Waals surface area contributed by atoms with Crippen LogP contribution in [0, 0.1) is 0 Å². The van der Waals surface area contributed by atoms with E-state index in [2.05, 4.69) is 44.5 Å². The van der Waals surface area contributed by atoms with E-state index in [-0.39, 0.29) is 36.4 Å². The maximum Gasteiger partial charge on any atom is 0.243 e. The van der Waals surface area contributed by atoms with Crippen LogP contribution in [0.4, 0.5) is 0 Å². The Bertz CT molecular complexity index is 610. The fraction of sp³-hybridized carbons (Fsp3) is 0.684. The van der Waals surface area contributed by atoms with Gasteiger partial charge in [-0.1, -0.05) is 25.3 Å². The van der Waals surface area contributed by atoms with E-state index in [0.717, 1.165) is 31.3 Å². The molecule has 1 N–H and O–H groups in total. The van der Waals surface area contributed by atoms with Crippen molar-refractivity contribution in [2.45, 2.75) is 43.4 Å². The van der Waals surface area contributed by atoms with Crippen LogP contribution in [0.15, 0.2) is 22.5 Å². The molecule has 1 spiro atoms. The van der Waals surface area contributed by atoms with Crippen LogP contribution in [0.3, 0.4) is 0 Å². The first kappa shape index (κ1) is 22.8. The standard InChI is InChI=1S/C19H30N4OS2.HI/c1-22(2)17(24)14-21-18(20-13-16-7-6-11-25-16)23-10-12-26-19(15-23)8-4-3-5-9-19;/h6-7,11H,3-5,8-10,12-15H2,1-2H3,(H,20,21);1H. The summed E-state index contributed by atoms with van der Waals surface area (Å²) in [4.78, 5) is 22.0. The van der Waals surface area contributed by atoms with Gasteiger partial charge in [0.15, 0.2) is 5.96 Å². The van der Waals surface area contributed by atoms with Crippen molar-refractivity contribution in [3.8, 4) is 0 Å². The van der Waals surface area contributed by atoms with Crippen molar-refractivity contribution < 1.29 is 4.79 Å². The molecule has 2 aliphatic rings. The van der Waals surface area contributed by atoms with Gasteiger partial charge in [-0.15, -0.1) is 35.3 Å². The molecule has 1 aliphatic heterocycles. The largest absolute Gasteiger partial charge is 0.351 e. The number of guanidine groups is 1. The van der Waals surface area contributed by atoms with Crippen LogP contribution in [0.25, 0.3) is 0 Å². The molecule has 0 unspecified atom stereocenters. The highest BCUT2D eigenvalue weighted by molar-refractivity contribution is 14.0. The molecule has 5 nitrogen and oxygen atoms in total. The van der Waals surface area contributed by atoms with E-state index in [4.69, 9.17) is 0 Å². The molecule has 0 radical (unpaired) electrons. The number of aliphatic imine (C=N–C) groups is 1. The number of nitrogens with zero attached hydrogens (tertiary/aromatic N) is 3. The lowest BCUT2D eigenvalue weighted by Crippen LogP contribution is -2.53. The lowest BCUT2D eigenvalue weighted by molar-refractivity contribution is -0.127. The molecule has 0 aromatic carbocycles. The van der Waals surface area contributed by atoms with Gasteiger partial charge in [0.1, 0.15) is 6.54 Å². The Labute approximate surface area is 188 Å². The van der Waals surface area contributed by atoms with Crippen LogP contribution >= 0.6 is 47.1 Å². The van der Waals surface area contributed by atoms with Gasteiger partial charge in [-0.2, -0.15) is 11.8 Å². The van der Waals surface area contributed by atoms with Gasteiger partial charge >= 0.3 is 0 Å². The van der Waals surface area contributed by atoms with Crippen LogP contribution in [-0.4, -0.2) is 65.9 Å². The number of rotatable bonds is 4. The maximum atomic E-state index is 12.0. The van der Waals surface area contributed by atoms with Gasteiger partial charge < -0.3 is 15.1 Å². The minimum Gasteiger partial charge on any atom is -0.351 e. The second kappa shape index (κ2) is 10.9. The number of carbonyl (C=O) groups is 1. The van der Waals surface area contributed by atoms with Crippen molar-refractivity contribution in [3.05, 3.63) is 22.4 Å². The minimum atomic E-state index is 0. The molecule has 1 saturated carbocycles. The molecular formula is C19H31IN4OS2. The summed E-state index contributed by atoms with van der Waals surface area (Å²) in [5.74, 6) is 2.07. The summed E-state index contributed by atoms with van der Waals surface area (Å²) in [5, 5.41) is 5.61. The molecule has 2 fully saturated rings. The van der Waals surface area contributed by atoms with Gasteiger partial charge in [0.25, 0.3) is 0 Å². The maximum absolute atomic E-state index is 12.0. The Kier molecular flexibility index (Phi) is 9.21. The molecule has 3 rings (SSSR count). The first-order valence-electron chi connectivity index (χ1n) is 9.48. The highest BCUT2D eigenvalue weighted by atomic mass is 127. The molecule has 1 amide bonds. The molecule has 1 aromatic heterocycles. The van der Waals surface area contributed by atoms with Gasteiger partial charge in [0.05, 0.1) is 6.54 Å². The smallest absolute Gasteiger partial charge is 0.243 e. The zero-order valence-electron chi connectivity index (χ0n) is 16.3. The first-order valence-corrected chi connectivity index (χ1v) is 11.3. The second-order valence-electron chi connectivity index (χ2n) is 7.37. The molecule has 1 aliphatic carbocycles. The highest BCUT2D eigenvalue weighted by Gasteiger charge is 2.38. The number of thioether (sulfide) groups is 1. The molecule has 0 bridgehead atoms. The van der Waals surface area contributed by atoms with Gasteiger partial charge in [-0.05, 0) is 24.3 Å². The van der Waals surface area contributed by atoms with Crippen molar-refractivity contribution in [1.29, 1.82) is 0 Å². The highest BCUT2D eigenvalue weighted by Crippen LogP contribution is 2.42. The van der Waals surface area contributed by atoms with E-state index < -0.39 is 0 Å². The van der Waals surface area contributed by atoms with E-state index in [0.29, 0.717) is 4.75 Å². The predicted octanol–water partition coefficient (Wildman–Crippen LogP) is 3.65. The zero-order valence-corrected chi connectivity index (χ0v) is 20.2. The van der Waals surface area contributed by atoms with E-state index in [1.807, 2.05) is 0 Å². The summed E-state index contributed by atoms with van der Waals surface area (Å²) in [5.41, 5.74) is 0. The zero-order chi connectivity index (χ0) is 18.4. The normalized spacial score (nSPS) is 19.5.